The van der Waals surface area contributed by atoms with Crippen LogP contribution in [0.25, 0.3) is 0 Å². The van der Waals surface area contributed by atoms with Crippen LogP contribution >= 0.6 is 0 Å². The summed E-state index contributed by atoms with van der Waals surface area (Å²) in [5.41, 5.74) is 3.35. The van der Waals surface area contributed by atoms with Gasteiger partial charge in [-0.3, -0.25) is 9.69 Å². The number of rotatable bonds is 5. The quantitative estimate of drug-likeness (QED) is 0.909. The first-order valence-corrected chi connectivity index (χ1v) is 9.30. The largest absolute Gasteiger partial charge is 0.361 e. The molecule has 1 aromatic heterocycles. The molecule has 0 saturated carbocycles. The molecular formula is C20H25N3O2. The highest BCUT2D eigenvalue weighted by molar-refractivity contribution is 5.78. The summed E-state index contributed by atoms with van der Waals surface area (Å²) in [4.78, 5) is 14.8. The van der Waals surface area contributed by atoms with Crippen LogP contribution in [-0.4, -0.2) is 35.1 Å². The first-order valence-electron chi connectivity index (χ1n) is 9.30. The molecule has 1 N–H and O–H groups in total. The maximum absolute atomic E-state index is 12.3. The maximum atomic E-state index is 12.3. The fourth-order valence-corrected chi connectivity index (χ4v) is 3.92. The highest BCUT2D eigenvalue weighted by atomic mass is 16.5. The molecular weight excluding hydrogens is 314 g/mol. The molecule has 1 saturated heterocycles. The van der Waals surface area contributed by atoms with Gasteiger partial charge in [0.25, 0.3) is 0 Å². The monoisotopic (exact) mass is 339 g/mol. The van der Waals surface area contributed by atoms with Crippen molar-refractivity contribution < 1.29 is 9.32 Å². The molecule has 1 amide bonds. The second-order valence-electron chi connectivity index (χ2n) is 7.18. The van der Waals surface area contributed by atoms with E-state index < -0.39 is 0 Å². The number of aryl methyl sites for hydroxylation is 1. The van der Waals surface area contributed by atoms with Gasteiger partial charge in [-0.1, -0.05) is 35.5 Å². The fourth-order valence-electron chi connectivity index (χ4n) is 3.92. The molecule has 0 radical (unpaired) electrons. The van der Waals surface area contributed by atoms with Crippen LogP contribution in [-0.2, 0) is 30.6 Å². The first-order chi connectivity index (χ1) is 12.3. The lowest BCUT2D eigenvalue weighted by Gasteiger charge is -2.23. The van der Waals surface area contributed by atoms with Crippen molar-refractivity contribution in [1.82, 2.24) is 15.4 Å². The summed E-state index contributed by atoms with van der Waals surface area (Å²) in [5, 5.41) is 7.51. The van der Waals surface area contributed by atoms with Crippen LogP contribution in [0.1, 0.15) is 41.8 Å². The van der Waals surface area contributed by atoms with Crippen molar-refractivity contribution in [3.05, 3.63) is 52.9 Å². The summed E-state index contributed by atoms with van der Waals surface area (Å²) in [6.45, 7) is 3.18. The topological polar surface area (TPSA) is 58.4 Å². The van der Waals surface area contributed by atoms with Crippen LogP contribution in [0.2, 0.25) is 0 Å². The average Bonchev–Trinajstić information content (AvgIpc) is 3.26. The molecule has 2 aliphatic rings. The van der Waals surface area contributed by atoms with Crippen molar-refractivity contribution in [3.63, 3.8) is 0 Å². The number of amides is 1. The van der Waals surface area contributed by atoms with Crippen molar-refractivity contribution in [2.24, 2.45) is 0 Å². The van der Waals surface area contributed by atoms with Crippen LogP contribution in [0.15, 0.2) is 34.9 Å². The minimum Gasteiger partial charge on any atom is -0.361 e. The van der Waals surface area contributed by atoms with E-state index in [4.69, 9.17) is 4.52 Å². The average molecular weight is 339 g/mol. The van der Waals surface area contributed by atoms with Gasteiger partial charge in [0, 0.05) is 24.6 Å². The summed E-state index contributed by atoms with van der Waals surface area (Å²) in [7, 11) is 0. The molecule has 5 nitrogen and oxygen atoms in total. The number of hydrogen-bond acceptors (Lipinski definition) is 4. The molecule has 2 aromatic rings. The second kappa shape index (κ2) is 7.40. The van der Waals surface area contributed by atoms with Gasteiger partial charge in [0.1, 0.15) is 11.5 Å². The van der Waals surface area contributed by atoms with Crippen molar-refractivity contribution in [3.8, 4) is 0 Å². The van der Waals surface area contributed by atoms with Crippen LogP contribution < -0.4 is 5.32 Å². The molecule has 2 heterocycles. The van der Waals surface area contributed by atoms with Gasteiger partial charge in [0.2, 0.25) is 5.91 Å². The summed E-state index contributed by atoms with van der Waals surface area (Å²) < 4.78 is 5.56. The molecule has 1 fully saturated rings. The van der Waals surface area contributed by atoms with Gasteiger partial charge in [-0.2, -0.15) is 0 Å². The Morgan fingerprint density at radius 1 is 1.24 bits per heavy atom. The Labute approximate surface area is 148 Å². The third kappa shape index (κ3) is 3.93. The highest BCUT2D eigenvalue weighted by Gasteiger charge is 2.27. The number of fused-ring (bicyclic) bond motifs is 1. The number of carbonyl (C=O) groups is 1. The molecule has 1 aliphatic heterocycles. The van der Waals surface area contributed by atoms with Gasteiger partial charge in [-0.25, -0.2) is 0 Å². The highest BCUT2D eigenvalue weighted by Crippen LogP contribution is 2.26. The lowest BCUT2D eigenvalue weighted by atomic mass is 9.91. The molecule has 132 valence electrons. The molecule has 1 aliphatic carbocycles. The predicted octanol–water partition coefficient (Wildman–Crippen LogP) is 2.49. The van der Waals surface area contributed by atoms with Crippen molar-refractivity contribution >= 4 is 5.91 Å². The van der Waals surface area contributed by atoms with Crippen LogP contribution in [0.4, 0.5) is 0 Å². The van der Waals surface area contributed by atoms with E-state index in [1.807, 2.05) is 30.3 Å². The van der Waals surface area contributed by atoms with E-state index in [0.29, 0.717) is 6.42 Å². The SMILES string of the molecule is O=C(Cc1ccccc1)NC1CCc2onc(CN3CCCC3)c2C1. The molecule has 1 atom stereocenters. The normalized spacial score (nSPS) is 20.4. The van der Waals surface area contributed by atoms with E-state index in [9.17, 15) is 4.79 Å². The second-order valence-corrected chi connectivity index (χ2v) is 7.18. The molecule has 4 rings (SSSR count). The van der Waals surface area contributed by atoms with E-state index in [1.54, 1.807) is 0 Å². The van der Waals surface area contributed by atoms with E-state index >= 15 is 0 Å². The summed E-state index contributed by atoms with van der Waals surface area (Å²) in [6, 6.07) is 10.1. The standard InChI is InChI=1S/C20H25N3O2/c24-20(12-15-6-2-1-3-7-15)21-16-8-9-19-17(13-16)18(22-25-19)14-23-10-4-5-11-23/h1-3,6-7,16H,4-5,8-14H2,(H,21,24). The Balaban J connectivity index is 1.37. The van der Waals surface area contributed by atoms with Crippen LogP contribution in [0, 0.1) is 0 Å². The Bertz CT molecular complexity index is 720. The van der Waals surface area contributed by atoms with E-state index in [2.05, 4.69) is 15.4 Å². The Morgan fingerprint density at radius 3 is 2.84 bits per heavy atom. The molecule has 0 bridgehead atoms. The van der Waals surface area contributed by atoms with Crippen LogP contribution in [0.5, 0.6) is 0 Å². The minimum atomic E-state index is 0.0946. The lowest BCUT2D eigenvalue weighted by Crippen LogP contribution is -2.39. The first kappa shape index (κ1) is 16.3. The van der Waals surface area contributed by atoms with Crippen molar-refractivity contribution in [2.45, 2.75) is 51.1 Å². The van der Waals surface area contributed by atoms with Gasteiger partial charge >= 0.3 is 0 Å². The number of aromatic nitrogens is 1. The van der Waals surface area contributed by atoms with Crippen LogP contribution in [0.3, 0.4) is 0 Å². The predicted molar refractivity (Wildman–Crippen MR) is 95.1 cm³/mol. The number of carbonyl (C=O) groups excluding carboxylic acids is 1. The number of nitrogens with one attached hydrogen (secondary N) is 1. The smallest absolute Gasteiger partial charge is 0.224 e. The molecule has 1 aromatic carbocycles. The number of nitrogens with zero attached hydrogens (tertiary/aromatic N) is 2. The third-order valence-electron chi connectivity index (χ3n) is 5.27. The van der Waals surface area contributed by atoms with Gasteiger partial charge < -0.3 is 9.84 Å². The van der Waals surface area contributed by atoms with Crippen molar-refractivity contribution in [1.29, 1.82) is 0 Å². The summed E-state index contributed by atoms with van der Waals surface area (Å²) in [6.07, 6.45) is 5.61. The maximum Gasteiger partial charge on any atom is 0.224 e. The Hall–Kier alpha value is -2.14. The Kier molecular flexibility index (Phi) is 4.83. The van der Waals surface area contributed by atoms with E-state index in [-0.39, 0.29) is 11.9 Å². The van der Waals surface area contributed by atoms with E-state index in [1.165, 1.54) is 18.4 Å². The van der Waals surface area contributed by atoms with Gasteiger partial charge in [-0.05, 0) is 44.3 Å². The fraction of sp³-hybridized carbons (Fsp3) is 0.500. The Morgan fingerprint density at radius 2 is 2.04 bits per heavy atom. The zero-order valence-corrected chi connectivity index (χ0v) is 14.5. The number of likely N-dealkylation sites (tertiary alicyclic amines) is 1. The number of hydrogen-bond donors (Lipinski definition) is 1. The van der Waals surface area contributed by atoms with Gasteiger partial charge in [0.15, 0.2) is 0 Å². The molecule has 1 unspecified atom stereocenters. The molecule has 5 heteroatoms. The third-order valence-corrected chi connectivity index (χ3v) is 5.27. The summed E-state index contributed by atoms with van der Waals surface area (Å²) in [5.74, 6) is 1.11. The lowest BCUT2D eigenvalue weighted by molar-refractivity contribution is -0.121. The summed E-state index contributed by atoms with van der Waals surface area (Å²) >= 11 is 0. The molecule has 0 spiro atoms. The molecule has 25 heavy (non-hydrogen) atoms. The van der Waals surface area contributed by atoms with Gasteiger partial charge in [-0.15, -0.1) is 0 Å². The number of benzene rings is 1. The van der Waals surface area contributed by atoms with E-state index in [0.717, 1.165) is 55.9 Å². The zero-order chi connectivity index (χ0) is 17.1. The zero-order valence-electron chi connectivity index (χ0n) is 14.5. The van der Waals surface area contributed by atoms with Crippen molar-refractivity contribution in [2.75, 3.05) is 13.1 Å². The van der Waals surface area contributed by atoms with Gasteiger partial charge in [0.05, 0.1) is 6.42 Å². The minimum absolute atomic E-state index is 0.0946.